The van der Waals surface area contributed by atoms with Gasteiger partial charge in [-0.25, -0.2) is 0 Å². The Kier molecular flexibility index (Phi) is 10.6. The van der Waals surface area contributed by atoms with Crippen molar-refractivity contribution in [3.8, 4) is 0 Å². The molecule has 0 bridgehead atoms. The smallest absolute Gasteiger partial charge is 0.193 e. The molecule has 158 valence electrons. The van der Waals surface area contributed by atoms with E-state index in [0.717, 1.165) is 38.7 Å². The first-order valence-corrected chi connectivity index (χ1v) is 10.5. The number of rotatable bonds is 6. The fourth-order valence-corrected chi connectivity index (χ4v) is 4.23. The fourth-order valence-electron chi connectivity index (χ4n) is 4.23. The molecule has 3 rings (SSSR count). The molecule has 0 aliphatic carbocycles. The maximum atomic E-state index is 5.30. The summed E-state index contributed by atoms with van der Waals surface area (Å²) in [4.78, 5) is 9.42. The number of hydrogen-bond donors (Lipinski definition) is 1. The number of benzene rings is 1. The topological polar surface area (TPSA) is 40.1 Å². The average molecular weight is 500 g/mol. The highest BCUT2D eigenvalue weighted by Crippen LogP contribution is 2.17. The third kappa shape index (κ3) is 7.19. The minimum Gasteiger partial charge on any atom is -0.384 e. The molecule has 0 amide bonds. The maximum absolute atomic E-state index is 5.30. The summed E-state index contributed by atoms with van der Waals surface area (Å²) in [6, 6.07) is 9.08. The highest BCUT2D eigenvalue weighted by molar-refractivity contribution is 14.0. The van der Waals surface area contributed by atoms with E-state index in [4.69, 9.17) is 4.74 Å². The van der Waals surface area contributed by atoms with Gasteiger partial charge < -0.3 is 15.0 Å². The van der Waals surface area contributed by atoms with Gasteiger partial charge in [0.15, 0.2) is 5.96 Å². The Morgan fingerprint density at radius 1 is 1.07 bits per heavy atom. The Morgan fingerprint density at radius 2 is 1.75 bits per heavy atom. The summed E-state index contributed by atoms with van der Waals surface area (Å²) in [5, 5.41) is 3.52. The molecule has 5 nitrogen and oxygen atoms in total. The molecule has 0 radical (unpaired) electrons. The molecule has 2 fully saturated rings. The van der Waals surface area contributed by atoms with Crippen LogP contribution in [0, 0.1) is 5.92 Å². The van der Waals surface area contributed by atoms with E-state index in [1.54, 1.807) is 7.11 Å². The first-order chi connectivity index (χ1) is 13.3. The van der Waals surface area contributed by atoms with Crippen LogP contribution in [0.5, 0.6) is 0 Å². The van der Waals surface area contributed by atoms with E-state index in [-0.39, 0.29) is 24.0 Å². The summed E-state index contributed by atoms with van der Waals surface area (Å²) in [5.74, 6) is 1.62. The molecule has 0 spiro atoms. The van der Waals surface area contributed by atoms with Crippen molar-refractivity contribution >= 4 is 29.9 Å². The molecule has 1 unspecified atom stereocenters. The minimum atomic E-state index is 0. The Morgan fingerprint density at radius 3 is 2.39 bits per heavy atom. The van der Waals surface area contributed by atoms with Crippen molar-refractivity contribution in [2.75, 3.05) is 46.9 Å². The van der Waals surface area contributed by atoms with Gasteiger partial charge in [0.2, 0.25) is 0 Å². The van der Waals surface area contributed by atoms with Gasteiger partial charge in [0.05, 0.1) is 6.61 Å². The highest BCUT2D eigenvalue weighted by Gasteiger charge is 2.24. The van der Waals surface area contributed by atoms with Crippen LogP contribution in [0.1, 0.15) is 43.2 Å². The van der Waals surface area contributed by atoms with Crippen LogP contribution in [0.25, 0.3) is 0 Å². The van der Waals surface area contributed by atoms with Crippen LogP contribution < -0.4 is 5.32 Å². The standard InChI is InChI=1S/C22H36N4O.HI/c1-23-22(26-14-11-21(17-26)18-27-2)24-15-19-7-9-20(10-8-19)16-25-12-5-3-4-6-13-25;/h7-10,21H,3-6,11-18H2,1-2H3,(H,23,24);1H. The van der Waals surface area contributed by atoms with E-state index in [1.165, 1.54) is 56.3 Å². The molecule has 28 heavy (non-hydrogen) atoms. The van der Waals surface area contributed by atoms with Gasteiger partial charge in [0.25, 0.3) is 0 Å². The van der Waals surface area contributed by atoms with Crippen LogP contribution in [0.2, 0.25) is 0 Å². The third-order valence-electron chi connectivity index (χ3n) is 5.78. The SMILES string of the molecule is CN=C(NCc1ccc(CN2CCCCCC2)cc1)N1CCC(COC)C1.I. The van der Waals surface area contributed by atoms with Crippen LogP contribution in [-0.4, -0.2) is 62.7 Å². The van der Waals surface area contributed by atoms with Crippen molar-refractivity contribution in [1.82, 2.24) is 15.1 Å². The number of nitrogens with one attached hydrogen (secondary N) is 1. The third-order valence-corrected chi connectivity index (χ3v) is 5.78. The minimum absolute atomic E-state index is 0. The first kappa shape index (κ1) is 23.4. The van der Waals surface area contributed by atoms with Gasteiger partial charge in [-0.1, -0.05) is 37.1 Å². The van der Waals surface area contributed by atoms with Gasteiger partial charge in [-0.2, -0.15) is 0 Å². The summed E-state index contributed by atoms with van der Waals surface area (Å²) >= 11 is 0. The van der Waals surface area contributed by atoms with E-state index in [2.05, 4.69) is 44.4 Å². The molecule has 2 aliphatic heterocycles. The first-order valence-electron chi connectivity index (χ1n) is 10.5. The van der Waals surface area contributed by atoms with Crippen molar-refractivity contribution in [3.63, 3.8) is 0 Å². The second kappa shape index (κ2) is 12.6. The number of hydrogen-bond acceptors (Lipinski definition) is 3. The van der Waals surface area contributed by atoms with Gasteiger partial charge in [-0.15, -0.1) is 24.0 Å². The average Bonchev–Trinajstić information content (AvgIpc) is 2.99. The lowest BCUT2D eigenvalue weighted by atomic mass is 10.1. The lowest BCUT2D eigenvalue weighted by Gasteiger charge is -2.22. The van der Waals surface area contributed by atoms with Gasteiger partial charge in [0, 0.05) is 46.3 Å². The second-order valence-electron chi connectivity index (χ2n) is 7.96. The number of guanidine groups is 1. The lowest BCUT2D eigenvalue weighted by molar-refractivity contribution is 0.157. The predicted octanol–water partition coefficient (Wildman–Crippen LogP) is 3.72. The monoisotopic (exact) mass is 500 g/mol. The van der Waals surface area contributed by atoms with E-state index < -0.39 is 0 Å². The molecule has 2 heterocycles. The Bertz CT molecular complexity index is 585. The zero-order chi connectivity index (χ0) is 18.9. The number of ether oxygens (including phenoxy) is 1. The van der Waals surface area contributed by atoms with Crippen LogP contribution in [0.4, 0.5) is 0 Å². The zero-order valence-electron chi connectivity index (χ0n) is 17.5. The van der Waals surface area contributed by atoms with Crippen LogP contribution >= 0.6 is 24.0 Å². The second-order valence-corrected chi connectivity index (χ2v) is 7.96. The molecule has 0 aromatic heterocycles. The molecule has 1 atom stereocenters. The highest BCUT2D eigenvalue weighted by atomic mass is 127. The van der Waals surface area contributed by atoms with Crippen LogP contribution in [0.15, 0.2) is 29.3 Å². The van der Waals surface area contributed by atoms with Crippen molar-refractivity contribution in [2.24, 2.45) is 10.9 Å². The summed E-state index contributed by atoms with van der Waals surface area (Å²) in [6.45, 7) is 7.34. The molecule has 6 heteroatoms. The van der Waals surface area contributed by atoms with E-state index in [1.807, 2.05) is 7.05 Å². The van der Waals surface area contributed by atoms with Crippen molar-refractivity contribution in [2.45, 2.75) is 45.2 Å². The summed E-state index contributed by atoms with van der Waals surface area (Å²) in [6.07, 6.45) is 6.67. The quantitative estimate of drug-likeness (QED) is 0.367. The van der Waals surface area contributed by atoms with Gasteiger partial charge in [-0.3, -0.25) is 9.89 Å². The number of likely N-dealkylation sites (tertiary alicyclic amines) is 2. The Balaban J connectivity index is 0.00000280. The normalized spacial score (nSPS) is 21.3. The van der Waals surface area contributed by atoms with Gasteiger partial charge >= 0.3 is 0 Å². The van der Waals surface area contributed by atoms with Crippen molar-refractivity contribution < 1.29 is 4.74 Å². The molecule has 0 saturated carbocycles. The van der Waals surface area contributed by atoms with E-state index >= 15 is 0 Å². The maximum Gasteiger partial charge on any atom is 0.193 e. The summed E-state index contributed by atoms with van der Waals surface area (Å²) in [5.41, 5.74) is 2.73. The zero-order valence-corrected chi connectivity index (χ0v) is 19.9. The van der Waals surface area contributed by atoms with Crippen molar-refractivity contribution in [1.29, 1.82) is 0 Å². The predicted molar refractivity (Wildman–Crippen MR) is 127 cm³/mol. The number of nitrogens with zero attached hydrogens (tertiary/aromatic N) is 3. The molecular formula is C22H37IN4O. The van der Waals surface area contributed by atoms with Crippen LogP contribution in [-0.2, 0) is 17.8 Å². The number of methoxy groups -OCH3 is 1. The van der Waals surface area contributed by atoms with Crippen LogP contribution in [0.3, 0.4) is 0 Å². The Labute approximate surface area is 187 Å². The molecule has 1 aromatic carbocycles. The molecule has 2 saturated heterocycles. The van der Waals surface area contributed by atoms with Gasteiger partial charge in [-0.05, 0) is 43.5 Å². The summed E-state index contributed by atoms with van der Waals surface area (Å²) in [7, 11) is 3.66. The largest absolute Gasteiger partial charge is 0.384 e. The summed E-state index contributed by atoms with van der Waals surface area (Å²) < 4.78 is 5.30. The van der Waals surface area contributed by atoms with E-state index in [9.17, 15) is 0 Å². The van der Waals surface area contributed by atoms with Crippen molar-refractivity contribution in [3.05, 3.63) is 35.4 Å². The molecule has 2 aliphatic rings. The molecule has 1 aromatic rings. The number of aliphatic imine (C=N–C) groups is 1. The van der Waals surface area contributed by atoms with E-state index in [0.29, 0.717) is 5.92 Å². The van der Waals surface area contributed by atoms with Gasteiger partial charge in [0.1, 0.15) is 0 Å². The molecule has 1 N–H and O–H groups in total. The lowest BCUT2D eigenvalue weighted by Crippen LogP contribution is -2.39. The number of halogens is 1. The fraction of sp³-hybridized carbons (Fsp3) is 0.682. The molecular weight excluding hydrogens is 463 g/mol. The Hall–Kier alpha value is -0.860.